The van der Waals surface area contributed by atoms with Crippen LogP contribution < -0.4 is 0 Å². The maximum atomic E-state index is 12.3. The van der Waals surface area contributed by atoms with E-state index in [4.69, 9.17) is 0 Å². The fourth-order valence-corrected chi connectivity index (χ4v) is 1.56. The molecular formula is C4H6F2O3S. The Labute approximate surface area is 57.1 Å². The molecule has 1 saturated heterocycles. The monoisotopic (exact) mass is 172 g/mol. The van der Waals surface area contributed by atoms with Gasteiger partial charge in [-0.05, 0) is 6.42 Å². The van der Waals surface area contributed by atoms with Crippen molar-refractivity contribution in [1.82, 2.24) is 0 Å². The van der Waals surface area contributed by atoms with Gasteiger partial charge in [-0.25, -0.2) is 0 Å². The zero-order valence-electron chi connectivity index (χ0n) is 5.01. The molecule has 0 amide bonds. The molecule has 1 heterocycles. The second kappa shape index (κ2) is 2.13. The molecule has 0 aromatic rings. The van der Waals surface area contributed by atoms with Gasteiger partial charge in [-0.3, -0.25) is 4.18 Å². The summed E-state index contributed by atoms with van der Waals surface area (Å²) in [6.07, 6.45) is -0.540. The summed E-state index contributed by atoms with van der Waals surface area (Å²) in [5.74, 6) is 0. The van der Waals surface area contributed by atoms with Crippen LogP contribution in [0.3, 0.4) is 0 Å². The highest BCUT2D eigenvalue weighted by Crippen LogP contribution is 2.32. The molecule has 10 heavy (non-hydrogen) atoms. The lowest BCUT2D eigenvalue weighted by molar-refractivity contribution is 0.0394. The highest BCUT2D eigenvalue weighted by Gasteiger charge is 2.48. The van der Waals surface area contributed by atoms with Crippen molar-refractivity contribution in [2.45, 2.75) is 18.1 Å². The molecule has 1 aliphatic rings. The quantitative estimate of drug-likeness (QED) is 0.505. The maximum Gasteiger partial charge on any atom is 0.370 e. The van der Waals surface area contributed by atoms with Crippen molar-refractivity contribution in [1.29, 1.82) is 0 Å². The van der Waals surface area contributed by atoms with E-state index in [9.17, 15) is 17.2 Å². The van der Waals surface area contributed by atoms with Gasteiger partial charge in [-0.2, -0.15) is 17.2 Å². The summed E-state index contributed by atoms with van der Waals surface area (Å²) >= 11 is 0. The summed E-state index contributed by atoms with van der Waals surface area (Å²) in [4.78, 5) is 0. The van der Waals surface area contributed by atoms with Gasteiger partial charge < -0.3 is 0 Å². The highest BCUT2D eigenvalue weighted by atomic mass is 32.2. The topological polar surface area (TPSA) is 43.4 Å². The smallest absolute Gasteiger partial charge is 0.266 e. The van der Waals surface area contributed by atoms with Crippen LogP contribution in [0.5, 0.6) is 0 Å². The SMILES string of the molecule is O=S1(=O)OCCCC1(F)F. The highest BCUT2D eigenvalue weighted by molar-refractivity contribution is 7.87. The van der Waals surface area contributed by atoms with E-state index in [1.165, 1.54) is 0 Å². The van der Waals surface area contributed by atoms with Gasteiger partial charge in [-0.1, -0.05) is 0 Å². The first-order valence-corrected chi connectivity index (χ1v) is 4.13. The summed E-state index contributed by atoms with van der Waals surface area (Å²) in [6, 6.07) is 0. The van der Waals surface area contributed by atoms with Crippen molar-refractivity contribution in [2.75, 3.05) is 6.61 Å². The Morgan fingerprint density at radius 3 is 2.30 bits per heavy atom. The minimum Gasteiger partial charge on any atom is -0.266 e. The van der Waals surface area contributed by atoms with Crippen molar-refractivity contribution >= 4 is 10.1 Å². The van der Waals surface area contributed by atoms with Gasteiger partial charge in [0.05, 0.1) is 6.61 Å². The zero-order valence-corrected chi connectivity index (χ0v) is 5.83. The van der Waals surface area contributed by atoms with Crippen LogP contribution in [0.15, 0.2) is 0 Å². The van der Waals surface area contributed by atoms with E-state index in [-0.39, 0.29) is 13.0 Å². The summed E-state index contributed by atoms with van der Waals surface area (Å²) in [5, 5.41) is -3.68. The predicted molar refractivity (Wildman–Crippen MR) is 29.1 cm³/mol. The molecule has 1 fully saturated rings. The Morgan fingerprint density at radius 1 is 1.40 bits per heavy atom. The molecule has 0 aromatic carbocycles. The largest absolute Gasteiger partial charge is 0.370 e. The molecule has 1 rings (SSSR count). The molecule has 0 aromatic heterocycles. The lowest BCUT2D eigenvalue weighted by Crippen LogP contribution is -2.35. The van der Waals surface area contributed by atoms with E-state index in [0.29, 0.717) is 0 Å². The van der Waals surface area contributed by atoms with Gasteiger partial charge in [0.15, 0.2) is 0 Å². The first kappa shape index (κ1) is 7.87. The number of hydrogen-bond donors (Lipinski definition) is 0. The lowest BCUT2D eigenvalue weighted by atomic mass is 10.3. The van der Waals surface area contributed by atoms with E-state index in [1.807, 2.05) is 0 Å². The normalized spacial score (nSPS) is 29.8. The molecular weight excluding hydrogens is 166 g/mol. The van der Waals surface area contributed by atoms with Gasteiger partial charge >= 0.3 is 15.4 Å². The van der Waals surface area contributed by atoms with Crippen LogP contribution in [-0.2, 0) is 14.3 Å². The fraction of sp³-hybridized carbons (Fsp3) is 1.00. The third-order valence-corrected chi connectivity index (χ3v) is 2.63. The van der Waals surface area contributed by atoms with Crippen molar-refractivity contribution in [2.24, 2.45) is 0 Å². The number of halogens is 2. The first-order valence-electron chi connectivity index (χ1n) is 2.72. The van der Waals surface area contributed by atoms with Crippen LogP contribution in [-0.4, -0.2) is 20.3 Å². The van der Waals surface area contributed by atoms with E-state index in [1.54, 1.807) is 0 Å². The second-order valence-electron chi connectivity index (χ2n) is 2.02. The van der Waals surface area contributed by atoms with Crippen LogP contribution in [0.25, 0.3) is 0 Å². The molecule has 0 N–H and O–H groups in total. The molecule has 1 aliphatic heterocycles. The maximum absolute atomic E-state index is 12.3. The van der Waals surface area contributed by atoms with E-state index < -0.39 is 21.8 Å². The Bertz CT molecular complexity index is 221. The zero-order chi connectivity index (χ0) is 7.83. The van der Waals surface area contributed by atoms with E-state index in [0.717, 1.165) is 0 Å². The van der Waals surface area contributed by atoms with Crippen molar-refractivity contribution < 1.29 is 21.4 Å². The Morgan fingerprint density at radius 2 is 2.00 bits per heavy atom. The first-order chi connectivity index (χ1) is 4.46. The molecule has 0 radical (unpaired) electrons. The van der Waals surface area contributed by atoms with Gasteiger partial charge in [-0.15, -0.1) is 0 Å². The average molecular weight is 172 g/mol. The van der Waals surface area contributed by atoms with Crippen molar-refractivity contribution in [3.63, 3.8) is 0 Å². The Kier molecular flexibility index (Phi) is 1.68. The number of alkyl halides is 2. The molecule has 0 bridgehead atoms. The molecule has 6 heteroatoms. The Balaban J connectivity index is 2.92. The summed E-state index contributed by atoms with van der Waals surface area (Å²) < 4.78 is 49.1. The van der Waals surface area contributed by atoms with Crippen molar-refractivity contribution in [3.05, 3.63) is 0 Å². The number of rotatable bonds is 0. The van der Waals surface area contributed by atoms with Gasteiger partial charge in [0, 0.05) is 6.42 Å². The van der Waals surface area contributed by atoms with Crippen LogP contribution >= 0.6 is 0 Å². The standard InChI is InChI=1S/C4H6F2O3S/c5-4(6)2-1-3-9-10(4,7)8/h1-3H2. The minimum atomic E-state index is -4.59. The Hall–Kier alpha value is -0.230. The lowest BCUT2D eigenvalue weighted by Gasteiger charge is -2.20. The van der Waals surface area contributed by atoms with Crippen LogP contribution in [0, 0.1) is 0 Å². The van der Waals surface area contributed by atoms with Gasteiger partial charge in [0.1, 0.15) is 0 Å². The van der Waals surface area contributed by atoms with E-state index >= 15 is 0 Å². The van der Waals surface area contributed by atoms with Gasteiger partial charge in [0.25, 0.3) is 0 Å². The third-order valence-electron chi connectivity index (χ3n) is 1.22. The van der Waals surface area contributed by atoms with Crippen LogP contribution in [0.2, 0.25) is 0 Å². The molecule has 0 atom stereocenters. The summed E-state index contributed by atoms with van der Waals surface area (Å²) in [7, 11) is -4.59. The molecule has 3 nitrogen and oxygen atoms in total. The van der Waals surface area contributed by atoms with Gasteiger partial charge in [0.2, 0.25) is 0 Å². The predicted octanol–water partition coefficient (Wildman–Crippen LogP) is 0.719. The molecule has 0 unspecified atom stereocenters. The summed E-state index contributed by atoms with van der Waals surface area (Å²) in [5.41, 5.74) is 0. The van der Waals surface area contributed by atoms with Crippen molar-refractivity contribution in [3.8, 4) is 0 Å². The van der Waals surface area contributed by atoms with E-state index in [2.05, 4.69) is 4.18 Å². The minimum absolute atomic E-state index is 0.0895. The fourth-order valence-electron chi connectivity index (χ4n) is 0.658. The molecule has 0 spiro atoms. The molecule has 60 valence electrons. The molecule has 0 saturated carbocycles. The van der Waals surface area contributed by atoms with Crippen LogP contribution in [0.1, 0.15) is 12.8 Å². The number of hydrogen-bond acceptors (Lipinski definition) is 3. The second-order valence-corrected chi connectivity index (χ2v) is 3.76. The summed E-state index contributed by atoms with van der Waals surface area (Å²) in [6.45, 7) is -0.127. The average Bonchev–Trinajstić information content (AvgIpc) is 1.77. The third kappa shape index (κ3) is 1.13. The molecule has 0 aliphatic carbocycles. The van der Waals surface area contributed by atoms with Crippen LogP contribution in [0.4, 0.5) is 8.78 Å².